The van der Waals surface area contributed by atoms with E-state index in [9.17, 15) is 9.59 Å². The van der Waals surface area contributed by atoms with Gasteiger partial charge in [-0.25, -0.2) is 4.98 Å². The number of nitrogens with zero attached hydrogens (tertiary/aromatic N) is 2. The van der Waals surface area contributed by atoms with E-state index in [1.165, 1.54) is 13.3 Å². The first kappa shape index (κ1) is 20.8. The number of nitrogens with two attached hydrogens (primary N) is 1. The SMILES string of the molecule is COc1ccc(Cl)cc1C(=O)N1CCCC1C(=O)Nc1ccc(N)nc1.Cl. The minimum absolute atomic E-state index is 0. The van der Waals surface area contributed by atoms with Crippen LogP contribution in [0.25, 0.3) is 0 Å². The van der Waals surface area contributed by atoms with E-state index in [2.05, 4.69) is 10.3 Å². The third-order valence-electron chi connectivity index (χ3n) is 4.26. The second kappa shape index (κ2) is 8.92. The molecule has 7 nitrogen and oxygen atoms in total. The summed E-state index contributed by atoms with van der Waals surface area (Å²) in [6.45, 7) is 0.493. The van der Waals surface area contributed by atoms with Crippen molar-refractivity contribution in [1.29, 1.82) is 0 Å². The fraction of sp³-hybridized carbons (Fsp3) is 0.278. The molecule has 144 valence electrons. The third kappa shape index (κ3) is 4.61. The normalized spacial score (nSPS) is 15.8. The van der Waals surface area contributed by atoms with E-state index in [4.69, 9.17) is 22.1 Å². The molecule has 1 fully saturated rings. The number of hydrogen-bond donors (Lipinski definition) is 2. The van der Waals surface area contributed by atoms with Gasteiger partial charge in [0, 0.05) is 11.6 Å². The minimum atomic E-state index is -0.566. The molecule has 0 saturated carbocycles. The molecule has 0 bridgehead atoms. The number of halogens is 2. The van der Waals surface area contributed by atoms with Crippen LogP contribution in [0.15, 0.2) is 36.5 Å². The molecule has 2 amide bonds. The topological polar surface area (TPSA) is 97.5 Å². The lowest BCUT2D eigenvalue weighted by atomic mass is 10.1. The first-order valence-electron chi connectivity index (χ1n) is 8.16. The highest BCUT2D eigenvalue weighted by molar-refractivity contribution is 6.31. The summed E-state index contributed by atoms with van der Waals surface area (Å²) in [6.07, 6.45) is 2.81. The number of aromatic nitrogens is 1. The molecular formula is C18H20Cl2N4O3. The van der Waals surface area contributed by atoms with Crippen molar-refractivity contribution in [3.8, 4) is 5.75 Å². The van der Waals surface area contributed by atoms with Crippen molar-refractivity contribution in [2.75, 3.05) is 24.7 Å². The van der Waals surface area contributed by atoms with Gasteiger partial charge in [0.05, 0.1) is 24.6 Å². The zero-order valence-corrected chi connectivity index (χ0v) is 16.2. The van der Waals surface area contributed by atoms with Gasteiger partial charge >= 0.3 is 0 Å². The maximum absolute atomic E-state index is 13.0. The van der Waals surface area contributed by atoms with Crippen LogP contribution in [0.1, 0.15) is 23.2 Å². The molecule has 2 heterocycles. The lowest BCUT2D eigenvalue weighted by Crippen LogP contribution is -2.43. The molecule has 27 heavy (non-hydrogen) atoms. The summed E-state index contributed by atoms with van der Waals surface area (Å²) in [4.78, 5) is 31.1. The van der Waals surface area contributed by atoms with Gasteiger partial charge in [-0.15, -0.1) is 12.4 Å². The predicted molar refractivity (Wildman–Crippen MR) is 107 cm³/mol. The molecule has 0 aliphatic carbocycles. The number of methoxy groups -OCH3 is 1. The average Bonchev–Trinajstić information content (AvgIpc) is 3.13. The Balaban J connectivity index is 0.00000261. The maximum Gasteiger partial charge on any atom is 0.258 e. The van der Waals surface area contributed by atoms with Crippen LogP contribution >= 0.6 is 24.0 Å². The monoisotopic (exact) mass is 410 g/mol. The molecule has 3 rings (SSSR count). The molecule has 1 aromatic heterocycles. The van der Waals surface area contributed by atoms with Crippen molar-refractivity contribution < 1.29 is 14.3 Å². The van der Waals surface area contributed by atoms with Gasteiger partial charge in [-0.1, -0.05) is 11.6 Å². The summed E-state index contributed by atoms with van der Waals surface area (Å²) >= 11 is 6.02. The summed E-state index contributed by atoms with van der Waals surface area (Å²) in [6, 6.07) is 7.55. The molecule has 3 N–H and O–H groups in total. The summed E-state index contributed by atoms with van der Waals surface area (Å²) < 4.78 is 5.26. The quantitative estimate of drug-likeness (QED) is 0.806. The van der Waals surface area contributed by atoms with E-state index in [1.807, 2.05) is 0 Å². The van der Waals surface area contributed by atoms with Crippen LogP contribution in [0.4, 0.5) is 11.5 Å². The van der Waals surface area contributed by atoms with Gasteiger partial charge in [0.2, 0.25) is 5.91 Å². The molecule has 1 aliphatic heterocycles. The van der Waals surface area contributed by atoms with Gasteiger partial charge in [-0.05, 0) is 43.2 Å². The highest BCUT2D eigenvalue weighted by Crippen LogP contribution is 2.28. The number of anilines is 2. The van der Waals surface area contributed by atoms with Crippen molar-refractivity contribution in [3.63, 3.8) is 0 Å². The molecular weight excluding hydrogens is 391 g/mol. The molecule has 1 unspecified atom stereocenters. The summed E-state index contributed by atoms with van der Waals surface area (Å²) in [5.41, 5.74) is 6.42. The number of nitrogens with one attached hydrogen (secondary N) is 1. The van der Waals surface area contributed by atoms with Gasteiger partial charge in [0.1, 0.15) is 17.6 Å². The Morgan fingerprint density at radius 1 is 1.33 bits per heavy atom. The fourth-order valence-corrected chi connectivity index (χ4v) is 3.16. The number of hydrogen-bond acceptors (Lipinski definition) is 5. The maximum atomic E-state index is 13.0. The van der Waals surface area contributed by atoms with Crippen molar-refractivity contribution in [2.24, 2.45) is 0 Å². The zero-order valence-electron chi connectivity index (χ0n) is 14.6. The number of nitrogen functional groups attached to an aromatic ring is 1. The summed E-state index contributed by atoms with van der Waals surface area (Å²) in [7, 11) is 1.49. The summed E-state index contributed by atoms with van der Waals surface area (Å²) in [5, 5.41) is 3.21. The van der Waals surface area contributed by atoms with Crippen LogP contribution in [0.2, 0.25) is 5.02 Å². The van der Waals surface area contributed by atoms with Crippen LogP contribution in [-0.2, 0) is 4.79 Å². The Kier molecular flexibility index (Phi) is 6.87. The number of carbonyl (C=O) groups excluding carboxylic acids is 2. The predicted octanol–water partition coefficient (Wildman–Crippen LogP) is 2.99. The van der Waals surface area contributed by atoms with E-state index < -0.39 is 6.04 Å². The number of carbonyl (C=O) groups is 2. The first-order chi connectivity index (χ1) is 12.5. The molecule has 1 aliphatic rings. The number of rotatable bonds is 4. The third-order valence-corrected chi connectivity index (χ3v) is 4.50. The van der Waals surface area contributed by atoms with Crippen LogP contribution < -0.4 is 15.8 Å². The Hall–Kier alpha value is -2.51. The largest absolute Gasteiger partial charge is 0.496 e. The van der Waals surface area contributed by atoms with Gasteiger partial charge in [0.15, 0.2) is 0 Å². The Morgan fingerprint density at radius 3 is 2.78 bits per heavy atom. The van der Waals surface area contributed by atoms with Crippen LogP contribution in [0, 0.1) is 0 Å². The van der Waals surface area contributed by atoms with Gasteiger partial charge in [-0.3, -0.25) is 9.59 Å². The highest BCUT2D eigenvalue weighted by atomic mass is 35.5. The van der Waals surface area contributed by atoms with Crippen molar-refractivity contribution in [3.05, 3.63) is 47.1 Å². The molecule has 1 saturated heterocycles. The Labute approximate surface area is 168 Å². The number of amides is 2. The van der Waals surface area contributed by atoms with Crippen LogP contribution in [0.3, 0.4) is 0 Å². The van der Waals surface area contributed by atoms with Crippen molar-refractivity contribution >= 4 is 47.3 Å². The number of benzene rings is 1. The number of ether oxygens (including phenoxy) is 1. The summed E-state index contributed by atoms with van der Waals surface area (Å²) in [5.74, 6) is 0.253. The molecule has 1 atom stereocenters. The van der Waals surface area contributed by atoms with Crippen LogP contribution in [-0.4, -0.2) is 41.4 Å². The second-order valence-electron chi connectivity index (χ2n) is 5.96. The highest BCUT2D eigenvalue weighted by Gasteiger charge is 2.35. The lowest BCUT2D eigenvalue weighted by molar-refractivity contribution is -0.119. The molecule has 0 spiro atoms. The van der Waals surface area contributed by atoms with E-state index >= 15 is 0 Å². The molecule has 1 aromatic carbocycles. The molecule has 9 heteroatoms. The van der Waals surface area contributed by atoms with Crippen LogP contribution in [0.5, 0.6) is 5.75 Å². The Bertz CT molecular complexity index is 830. The number of pyridine rings is 1. The van der Waals surface area contributed by atoms with E-state index in [1.54, 1.807) is 35.2 Å². The number of likely N-dealkylation sites (tertiary alicyclic amines) is 1. The minimum Gasteiger partial charge on any atom is -0.496 e. The second-order valence-corrected chi connectivity index (χ2v) is 6.40. The van der Waals surface area contributed by atoms with E-state index in [-0.39, 0.29) is 24.2 Å². The first-order valence-corrected chi connectivity index (χ1v) is 8.54. The van der Waals surface area contributed by atoms with E-state index in [0.717, 1.165) is 6.42 Å². The Morgan fingerprint density at radius 2 is 2.11 bits per heavy atom. The van der Waals surface area contributed by atoms with Gasteiger partial charge < -0.3 is 20.7 Å². The zero-order chi connectivity index (χ0) is 18.7. The lowest BCUT2D eigenvalue weighted by Gasteiger charge is -2.24. The van der Waals surface area contributed by atoms with Crippen molar-refractivity contribution in [2.45, 2.75) is 18.9 Å². The van der Waals surface area contributed by atoms with Crippen molar-refractivity contribution in [1.82, 2.24) is 9.88 Å². The van der Waals surface area contributed by atoms with Gasteiger partial charge in [-0.2, -0.15) is 0 Å². The van der Waals surface area contributed by atoms with E-state index in [0.29, 0.717) is 40.8 Å². The van der Waals surface area contributed by atoms with Gasteiger partial charge in [0.25, 0.3) is 5.91 Å². The molecule has 0 radical (unpaired) electrons. The molecule has 2 aromatic rings. The smallest absolute Gasteiger partial charge is 0.258 e. The average molecular weight is 411 g/mol. The fourth-order valence-electron chi connectivity index (χ4n) is 2.99. The standard InChI is InChI=1S/C18H19ClN4O3.ClH/c1-26-15-6-4-11(19)9-13(15)18(25)23-8-2-3-14(23)17(24)22-12-5-7-16(20)21-10-12;/h4-7,9-10,14H,2-3,8H2,1H3,(H2,20,21)(H,22,24);1H.